The highest BCUT2D eigenvalue weighted by Gasteiger charge is 2.12. The maximum absolute atomic E-state index is 5.88. The Kier molecular flexibility index (Phi) is 2.38. The zero-order valence-corrected chi connectivity index (χ0v) is 11.0. The lowest BCUT2D eigenvalue weighted by molar-refractivity contribution is 0.959. The topological polar surface area (TPSA) is 43.3 Å². The van der Waals surface area contributed by atoms with Crippen LogP contribution in [-0.4, -0.2) is 9.38 Å². The van der Waals surface area contributed by atoms with Crippen molar-refractivity contribution in [3.63, 3.8) is 0 Å². The third kappa shape index (κ3) is 1.37. The number of benzene rings is 1. The van der Waals surface area contributed by atoms with Gasteiger partial charge in [0, 0.05) is 11.9 Å². The van der Waals surface area contributed by atoms with Crippen molar-refractivity contribution in [3.8, 4) is 0 Å². The SMILES string of the molecule is Cc1nc2cc(C)c3cccc(C)c3n2c1CN. The highest BCUT2D eigenvalue weighted by molar-refractivity contribution is 5.88. The first kappa shape index (κ1) is 11.2. The molecule has 18 heavy (non-hydrogen) atoms. The molecule has 92 valence electrons. The summed E-state index contributed by atoms with van der Waals surface area (Å²) in [5, 5.41) is 1.27. The summed E-state index contributed by atoms with van der Waals surface area (Å²) in [5.41, 5.74) is 12.7. The van der Waals surface area contributed by atoms with Crippen LogP contribution in [0, 0.1) is 20.8 Å². The molecule has 0 aliphatic heterocycles. The summed E-state index contributed by atoms with van der Waals surface area (Å²) in [5.74, 6) is 0. The van der Waals surface area contributed by atoms with E-state index in [1.807, 2.05) is 6.92 Å². The Morgan fingerprint density at radius 1 is 1.17 bits per heavy atom. The average molecular weight is 239 g/mol. The molecule has 2 heterocycles. The van der Waals surface area contributed by atoms with E-state index < -0.39 is 0 Å². The van der Waals surface area contributed by atoms with Crippen LogP contribution in [0.2, 0.25) is 0 Å². The van der Waals surface area contributed by atoms with Gasteiger partial charge in [0.1, 0.15) is 5.65 Å². The van der Waals surface area contributed by atoms with E-state index in [1.54, 1.807) is 0 Å². The van der Waals surface area contributed by atoms with Crippen molar-refractivity contribution in [1.82, 2.24) is 9.38 Å². The third-order valence-corrected chi connectivity index (χ3v) is 3.62. The highest BCUT2D eigenvalue weighted by atomic mass is 15.0. The Hall–Kier alpha value is -1.87. The van der Waals surface area contributed by atoms with Gasteiger partial charge in [-0.25, -0.2) is 4.98 Å². The summed E-state index contributed by atoms with van der Waals surface area (Å²) in [7, 11) is 0. The van der Waals surface area contributed by atoms with Crippen molar-refractivity contribution in [1.29, 1.82) is 0 Å². The van der Waals surface area contributed by atoms with Crippen molar-refractivity contribution in [2.45, 2.75) is 27.3 Å². The minimum absolute atomic E-state index is 0.513. The Labute approximate surface area is 106 Å². The van der Waals surface area contributed by atoms with Crippen LogP contribution in [-0.2, 0) is 6.54 Å². The van der Waals surface area contributed by atoms with Gasteiger partial charge in [-0.15, -0.1) is 0 Å². The molecular weight excluding hydrogens is 222 g/mol. The molecule has 0 radical (unpaired) electrons. The Morgan fingerprint density at radius 3 is 2.67 bits per heavy atom. The van der Waals surface area contributed by atoms with Gasteiger partial charge in [0.05, 0.1) is 16.9 Å². The van der Waals surface area contributed by atoms with E-state index in [1.165, 1.54) is 22.0 Å². The minimum Gasteiger partial charge on any atom is -0.325 e. The molecule has 0 saturated carbocycles. The summed E-state index contributed by atoms with van der Waals surface area (Å²) in [6, 6.07) is 8.53. The first-order valence-electron chi connectivity index (χ1n) is 6.20. The maximum atomic E-state index is 5.88. The van der Waals surface area contributed by atoms with Crippen molar-refractivity contribution in [2.24, 2.45) is 5.73 Å². The van der Waals surface area contributed by atoms with Gasteiger partial charge >= 0.3 is 0 Å². The van der Waals surface area contributed by atoms with Crippen LogP contribution < -0.4 is 5.73 Å². The number of hydrogen-bond acceptors (Lipinski definition) is 2. The van der Waals surface area contributed by atoms with Gasteiger partial charge in [-0.1, -0.05) is 18.2 Å². The fourth-order valence-electron chi connectivity index (χ4n) is 2.72. The van der Waals surface area contributed by atoms with Crippen LogP contribution in [0.1, 0.15) is 22.5 Å². The first-order valence-corrected chi connectivity index (χ1v) is 6.20. The number of hydrogen-bond donors (Lipinski definition) is 1. The van der Waals surface area contributed by atoms with Gasteiger partial charge in [0.25, 0.3) is 0 Å². The molecule has 3 nitrogen and oxygen atoms in total. The van der Waals surface area contributed by atoms with Crippen LogP contribution in [0.3, 0.4) is 0 Å². The van der Waals surface area contributed by atoms with Crippen molar-refractivity contribution in [2.75, 3.05) is 0 Å². The molecule has 0 bridgehead atoms. The number of pyridine rings is 1. The van der Waals surface area contributed by atoms with Crippen LogP contribution in [0.25, 0.3) is 16.6 Å². The van der Waals surface area contributed by atoms with Gasteiger partial charge < -0.3 is 5.73 Å². The fraction of sp³-hybridized carbons (Fsp3) is 0.267. The lowest BCUT2D eigenvalue weighted by Gasteiger charge is -2.10. The van der Waals surface area contributed by atoms with Gasteiger partial charge in [0.15, 0.2) is 0 Å². The zero-order valence-electron chi connectivity index (χ0n) is 11.0. The maximum Gasteiger partial charge on any atom is 0.138 e. The van der Waals surface area contributed by atoms with Crippen molar-refractivity contribution >= 4 is 16.6 Å². The highest BCUT2D eigenvalue weighted by Crippen LogP contribution is 2.26. The summed E-state index contributed by atoms with van der Waals surface area (Å²) in [6.07, 6.45) is 0. The predicted octanol–water partition coefficient (Wildman–Crippen LogP) is 2.87. The van der Waals surface area contributed by atoms with Crippen LogP contribution >= 0.6 is 0 Å². The number of nitrogens with zero attached hydrogens (tertiary/aromatic N) is 2. The third-order valence-electron chi connectivity index (χ3n) is 3.62. The summed E-state index contributed by atoms with van der Waals surface area (Å²) in [4.78, 5) is 4.62. The quantitative estimate of drug-likeness (QED) is 0.709. The molecule has 0 aliphatic rings. The van der Waals surface area contributed by atoms with Crippen LogP contribution in [0.4, 0.5) is 0 Å². The van der Waals surface area contributed by atoms with E-state index >= 15 is 0 Å². The van der Waals surface area contributed by atoms with Crippen LogP contribution in [0.15, 0.2) is 24.3 Å². The minimum atomic E-state index is 0.513. The largest absolute Gasteiger partial charge is 0.325 e. The molecular formula is C15H17N3. The number of para-hydroxylation sites is 1. The van der Waals surface area contributed by atoms with E-state index in [4.69, 9.17) is 5.73 Å². The van der Waals surface area contributed by atoms with E-state index in [0.717, 1.165) is 17.0 Å². The number of aryl methyl sites for hydroxylation is 3. The molecule has 2 aromatic heterocycles. The first-order chi connectivity index (χ1) is 8.63. The number of nitrogens with two attached hydrogens (primary N) is 1. The van der Waals surface area contributed by atoms with Crippen LogP contribution in [0.5, 0.6) is 0 Å². The average Bonchev–Trinajstić information content (AvgIpc) is 2.65. The Morgan fingerprint density at radius 2 is 1.94 bits per heavy atom. The van der Waals surface area contributed by atoms with E-state index in [-0.39, 0.29) is 0 Å². The number of fused-ring (bicyclic) bond motifs is 3. The number of imidazole rings is 1. The van der Waals surface area contributed by atoms with E-state index in [9.17, 15) is 0 Å². The molecule has 0 saturated heterocycles. The van der Waals surface area contributed by atoms with E-state index in [0.29, 0.717) is 6.54 Å². The van der Waals surface area contributed by atoms with Crippen molar-refractivity contribution < 1.29 is 0 Å². The second-order valence-corrected chi connectivity index (χ2v) is 4.84. The van der Waals surface area contributed by atoms with Gasteiger partial charge in [-0.05, 0) is 38.0 Å². The summed E-state index contributed by atoms with van der Waals surface area (Å²) in [6.45, 7) is 6.80. The second-order valence-electron chi connectivity index (χ2n) is 4.84. The Bertz CT molecular complexity index is 753. The van der Waals surface area contributed by atoms with Gasteiger partial charge in [0.2, 0.25) is 0 Å². The second kappa shape index (κ2) is 3.82. The number of aromatic nitrogens is 2. The lowest BCUT2D eigenvalue weighted by atomic mass is 10.1. The fourth-order valence-corrected chi connectivity index (χ4v) is 2.72. The molecule has 3 rings (SSSR count). The van der Waals surface area contributed by atoms with Gasteiger partial charge in [-0.2, -0.15) is 0 Å². The molecule has 1 aromatic carbocycles. The molecule has 0 unspecified atom stereocenters. The van der Waals surface area contributed by atoms with E-state index in [2.05, 4.69) is 47.5 Å². The number of rotatable bonds is 1. The standard InChI is InChI=1S/C15H17N3/c1-9-5-4-6-12-10(2)7-14-17-11(3)13(8-16)18(14)15(9)12/h4-7H,8,16H2,1-3H3. The summed E-state index contributed by atoms with van der Waals surface area (Å²) >= 11 is 0. The molecule has 0 fully saturated rings. The molecule has 2 N–H and O–H groups in total. The molecule has 0 atom stereocenters. The molecule has 3 aromatic rings. The van der Waals surface area contributed by atoms with Crippen molar-refractivity contribution in [3.05, 3.63) is 46.8 Å². The molecule has 0 aliphatic carbocycles. The monoisotopic (exact) mass is 239 g/mol. The normalized spacial score (nSPS) is 11.6. The molecule has 0 amide bonds. The lowest BCUT2D eigenvalue weighted by Crippen LogP contribution is -2.04. The smallest absolute Gasteiger partial charge is 0.138 e. The molecule has 0 spiro atoms. The zero-order chi connectivity index (χ0) is 12.9. The predicted molar refractivity (Wildman–Crippen MR) is 74.8 cm³/mol. The molecule has 3 heteroatoms. The summed E-state index contributed by atoms with van der Waals surface area (Å²) < 4.78 is 2.20. The van der Waals surface area contributed by atoms with Gasteiger partial charge in [-0.3, -0.25) is 4.40 Å². The Balaban J connectivity index is 2.65.